The first kappa shape index (κ1) is 23.2. The van der Waals surface area contributed by atoms with Crippen LogP contribution in [0.15, 0.2) is 42.0 Å². The van der Waals surface area contributed by atoms with E-state index in [1.54, 1.807) is 26.8 Å². The SMILES string of the molecule is CCOC(=O)N1CC([C@@H](NC(C)=O)c2ccccc2)=CC(OCC)N1C(=O)OCC. The van der Waals surface area contributed by atoms with Gasteiger partial charge in [-0.1, -0.05) is 30.3 Å². The monoisotopic (exact) mass is 419 g/mol. The molecule has 1 aliphatic rings. The van der Waals surface area contributed by atoms with Crippen LogP contribution in [0.3, 0.4) is 0 Å². The van der Waals surface area contributed by atoms with Crippen molar-refractivity contribution in [1.29, 1.82) is 0 Å². The van der Waals surface area contributed by atoms with Gasteiger partial charge in [0, 0.05) is 13.5 Å². The van der Waals surface area contributed by atoms with Crippen molar-refractivity contribution >= 4 is 18.1 Å². The lowest BCUT2D eigenvalue weighted by molar-refractivity contribution is -0.122. The Morgan fingerprint density at radius 1 is 1.03 bits per heavy atom. The third-order valence-electron chi connectivity index (χ3n) is 4.31. The number of nitrogens with one attached hydrogen (secondary N) is 1. The van der Waals surface area contributed by atoms with Gasteiger partial charge in [0.1, 0.15) is 0 Å². The minimum atomic E-state index is -0.901. The Hall–Kier alpha value is -3.07. The van der Waals surface area contributed by atoms with E-state index in [1.165, 1.54) is 6.92 Å². The van der Waals surface area contributed by atoms with Crippen LogP contribution in [0.1, 0.15) is 39.3 Å². The Balaban J connectivity index is 2.51. The van der Waals surface area contributed by atoms with Gasteiger partial charge in [-0.2, -0.15) is 5.01 Å². The smallest absolute Gasteiger partial charge is 0.431 e. The number of hydrogen-bond donors (Lipinski definition) is 1. The van der Waals surface area contributed by atoms with E-state index >= 15 is 0 Å². The molecule has 1 aliphatic heterocycles. The average molecular weight is 419 g/mol. The van der Waals surface area contributed by atoms with Crippen LogP contribution < -0.4 is 5.32 Å². The highest BCUT2D eigenvalue weighted by Crippen LogP contribution is 2.29. The Morgan fingerprint density at radius 2 is 1.67 bits per heavy atom. The zero-order chi connectivity index (χ0) is 22.1. The summed E-state index contributed by atoms with van der Waals surface area (Å²) in [5.74, 6) is -0.229. The molecule has 30 heavy (non-hydrogen) atoms. The summed E-state index contributed by atoms with van der Waals surface area (Å²) in [6, 6.07) is 8.85. The van der Waals surface area contributed by atoms with Crippen molar-refractivity contribution in [2.45, 2.75) is 40.0 Å². The summed E-state index contributed by atoms with van der Waals surface area (Å²) in [5, 5.41) is 5.16. The summed E-state index contributed by atoms with van der Waals surface area (Å²) in [6.45, 7) is 7.14. The predicted molar refractivity (Wildman–Crippen MR) is 109 cm³/mol. The van der Waals surface area contributed by atoms with Crippen molar-refractivity contribution in [3.63, 3.8) is 0 Å². The molecule has 0 spiro atoms. The van der Waals surface area contributed by atoms with Gasteiger partial charge in [-0.15, -0.1) is 0 Å². The number of benzene rings is 1. The number of carbonyl (C=O) groups excluding carboxylic acids is 3. The molecular weight excluding hydrogens is 390 g/mol. The number of rotatable bonds is 7. The van der Waals surface area contributed by atoms with Gasteiger partial charge in [0.05, 0.1) is 25.8 Å². The van der Waals surface area contributed by atoms with Gasteiger partial charge in [0.2, 0.25) is 5.91 Å². The zero-order valence-electron chi connectivity index (χ0n) is 17.8. The minimum Gasteiger partial charge on any atom is -0.448 e. The van der Waals surface area contributed by atoms with Crippen LogP contribution in [0, 0.1) is 0 Å². The molecule has 0 saturated carbocycles. The van der Waals surface area contributed by atoms with Gasteiger partial charge in [-0.05, 0) is 38.0 Å². The second-order valence-electron chi connectivity index (χ2n) is 6.43. The van der Waals surface area contributed by atoms with E-state index in [-0.39, 0.29) is 32.3 Å². The second kappa shape index (κ2) is 11.2. The third kappa shape index (κ3) is 5.73. The Bertz CT molecular complexity index is 767. The van der Waals surface area contributed by atoms with Gasteiger partial charge in [0.15, 0.2) is 6.23 Å². The topological polar surface area (TPSA) is 97.4 Å². The first-order valence-corrected chi connectivity index (χ1v) is 9.97. The average Bonchev–Trinajstić information content (AvgIpc) is 2.72. The highest BCUT2D eigenvalue weighted by molar-refractivity contribution is 5.76. The molecular formula is C21H29N3O6. The lowest BCUT2D eigenvalue weighted by Crippen LogP contribution is -2.59. The highest BCUT2D eigenvalue weighted by Gasteiger charge is 2.40. The molecule has 2 atom stereocenters. The molecule has 164 valence electrons. The Kier molecular flexibility index (Phi) is 8.67. The third-order valence-corrected chi connectivity index (χ3v) is 4.31. The fourth-order valence-electron chi connectivity index (χ4n) is 3.15. The standard InChI is InChI=1S/C21H29N3O6/c1-5-28-18-13-17(19(22-15(4)25)16-11-9-8-10-12-16)14-23(20(26)29-6-2)24(18)21(27)30-7-3/h8-13,18-19H,5-7,14H2,1-4H3,(H,22,25)/t18?,19-/m0/s1. The number of amides is 3. The van der Waals surface area contributed by atoms with Crippen molar-refractivity contribution in [1.82, 2.24) is 15.3 Å². The summed E-state index contributed by atoms with van der Waals surface area (Å²) in [5.41, 5.74) is 1.52. The zero-order valence-corrected chi connectivity index (χ0v) is 17.8. The lowest BCUT2D eigenvalue weighted by Gasteiger charge is -2.42. The van der Waals surface area contributed by atoms with Crippen LogP contribution in [-0.2, 0) is 19.0 Å². The van der Waals surface area contributed by atoms with Gasteiger partial charge < -0.3 is 19.5 Å². The van der Waals surface area contributed by atoms with E-state index in [9.17, 15) is 14.4 Å². The molecule has 0 fully saturated rings. The number of hydrogen-bond acceptors (Lipinski definition) is 6. The molecule has 0 aromatic heterocycles. The summed E-state index contributed by atoms with van der Waals surface area (Å²) in [7, 11) is 0. The van der Waals surface area contributed by atoms with Crippen LogP contribution >= 0.6 is 0 Å². The van der Waals surface area contributed by atoms with Crippen molar-refractivity contribution in [2.24, 2.45) is 0 Å². The van der Waals surface area contributed by atoms with E-state index in [2.05, 4.69) is 5.32 Å². The van der Waals surface area contributed by atoms with Crippen LogP contribution in [0.4, 0.5) is 9.59 Å². The van der Waals surface area contributed by atoms with E-state index in [1.807, 2.05) is 30.3 Å². The largest absolute Gasteiger partial charge is 0.448 e. The van der Waals surface area contributed by atoms with Crippen LogP contribution in [-0.4, -0.2) is 60.7 Å². The first-order valence-electron chi connectivity index (χ1n) is 9.97. The van der Waals surface area contributed by atoms with Gasteiger partial charge in [-0.25, -0.2) is 14.6 Å². The predicted octanol–water partition coefficient (Wildman–Crippen LogP) is 3.00. The molecule has 2 rings (SSSR count). The molecule has 0 bridgehead atoms. The molecule has 0 saturated heterocycles. The molecule has 1 aromatic carbocycles. The lowest BCUT2D eigenvalue weighted by atomic mass is 9.96. The van der Waals surface area contributed by atoms with Crippen molar-refractivity contribution in [3.8, 4) is 0 Å². The first-order chi connectivity index (χ1) is 14.4. The fraction of sp³-hybridized carbons (Fsp3) is 0.476. The molecule has 1 unspecified atom stereocenters. The number of nitrogens with zero attached hydrogens (tertiary/aromatic N) is 2. The number of ether oxygens (including phenoxy) is 3. The Morgan fingerprint density at radius 3 is 2.23 bits per heavy atom. The summed E-state index contributed by atoms with van der Waals surface area (Å²) in [6.07, 6.45) is -0.614. The van der Waals surface area contributed by atoms with Gasteiger partial charge in [0.25, 0.3) is 0 Å². The second-order valence-corrected chi connectivity index (χ2v) is 6.43. The van der Waals surface area contributed by atoms with E-state index in [0.29, 0.717) is 5.57 Å². The summed E-state index contributed by atoms with van der Waals surface area (Å²) in [4.78, 5) is 37.2. The molecule has 9 nitrogen and oxygen atoms in total. The maximum absolute atomic E-state index is 12.7. The quantitative estimate of drug-likeness (QED) is 0.683. The summed E-state index contributed by atoms with van der Waals surface area (Å²) < 4.78 is 16.0. The van der Waals surface area contributed by atoms with Crippen molar-refractivity contribution < 1.29 is 28.6 Å². The highest BCUT2D eigenvalue weighted by atomic mass is 16.6. The molecule has 1 heterocycles. The van der Waals surface area contributed by atoms with E-state index in [0.717, 1.165) is 15.6 Å². The van der Waals surface area contributed by atoms with Crippen molar-refractivity contribution in [2.75, 3.05) is 26.4 Å². The fourth-order valence-corrected chi connectivity index (χ4v) is 3.15. The van der Waals surface area contributed by atoms with Crippen LogP contribution in [0.5, 0.6) is 0 Å². The van der Waals surface area contributed by atoms with Crippen molar-refractivity contribution in [3.05, 3.63) is 47.5 Å². The van der Waals surface area contributed by atoms with Crippen LogP contribution in [0.2, 0.25) is 0 Å². The summed E-state index contributed by atoms with van der Waals surface area (Å²) >= 11 is 0. The molecule has 9 heteroatoms. The van der Waals surface area contributed by atoms with Gasteiger partial charge >= 0.3 is 12.2 Å². The minimum absolute atomic E-state index is 0.0149. The molecule has 1 N–H and O–H groups in total. The maximum Gasteiger partial charge on any atom is 0.431 e. The van der Waals surface area contributed by atoms with Crippen LogP contribution in [0.25, 0.3) is 0 Å². The molecule has 3 amide bonds. The van der Waals surface area contributed by atoms with Gasteiger partial charge in [-0.3, -0.25) is 4.79 Å². The number of carbonyl (C=O) groups is 3. The molecule has 0 aliphatic carbocycles. The molecule has 0 radical (unpaired) electrons. The van der Waals surface area contributed by atoms with E-state index < -0.39 is 24.5 Å². The maximum atomic E-state index is 12.7. The molecule has 1 aromatic rings. The number of hydrazine groups is 1. The Labute approximate surface area is 176 Å². The van der Waals surface area contributed by atoms with E-state index in [4.69, 9.17) is 14.2 Å². The normalized spacial score (nSPS) is 17.1.